The average Bonchev–Trinajstić information content (AvgIpc) is 2.96. The van der Waals surface area contributed by atoms with Crippen molar-refractivity contribution < 1.29 is 19.5 Å². The highest BCUT2D eigenvalue weighted by atomic mass is 16.4. The van der Waals surface area contributed by atoms with Crippen molar-refractivity contribution in [3.05, 3.63) is 0 Å². The molecule has 0 atom stereocenters. The van der Waals surface area contributed by atoms with Crippen LogP contribution < -0.4 is 11.1 Å². The quantitative estimate of drug-likeness (QED) is 0.541. The highest BCUT2D eigenvalue weighted by Crippen LogP contribution is 2.29. The molecular weight excluding hydrogens is 214 g/mol. The summed E-state index contributed by atoms with van der Waals surface area (Å²) in [5.74, 6) is -1.34. The fraction of sp³-hybridized carbons (Fsp3) is 0.667. The van der Waals surface area contributed by atoms with Crippen LogP contribution in [0.15, 0.2) is 0 Å². The van der Waals surface area contributed by atoms with Crippen molar-refractivity contribution >= 4 is 17.9 Å². The lowest BCUT2D eigenvalue weighted by atomic mass is 10.3. The summed E-state index contributed by atoms with van der Waals surface area (Å²) in [6, 6.07) is -0.562. The molecule has 16 heavy (non-hydrogen) atoms. The molecule has 7 nitrogen and oxygen atoms in total. The van der Waals surface area contributed by atoms with E-state index in [0.717, 1.165) is 12.8 Å². The summed E-state index contributed by atoms with van der Waals surface area (Å²) in [6.07, 6.45) is 2.03. The van der Waals surface area contributed by atoms with Crippen molar-refractivity contribution in [1.29, 1.82) is 0 Å². The van der Waals surface area contributed by atoms with E-state index in [4.69, 9.17) is 10.8 Å². The van der Waals surface area contributed by atoms with Crippen LogP contribution in [-0.4, -0.2) is 47.5 Å². The third-order valence-electron chi connectivity index (χ3n) is 2.20. The summed E-state index contributed by atoms with van der Waals surface area (Å²) < 4.78 is 0. The molecule has 1 aliphatic carbocycles. The Bertz CT molecular complexity index is 301. The Hall–Kier alpha value is -1.79. The van der Waals surface area contributed by atoms with Gasteiger partial charge >= 0.3 is 12.0 Å². The summed E-state index contributed by atoms with van der Waals surface area (Å²) in [5.41, 5.74) is 4.87. The zero-order valence-corrected chi connectivity index (χ0v) is 8.81. The molecule has 0 saturated heterocycles. The number of hydrogen-bond donors (Lipinski definition) is 3. The molecule has 1 rings (SSSR count). The second kappa shape index (κ2) is 5.34. The minimum atomic E-state index is -1.07. The van der Waals surface area contributed by atoms with Crippen molar-refractivity contribution in [2.24, 2.45) is 11.7 Å². The molecule has 0 aromatic rings. The maximum Gasteiger partial charge on any atom is 0.323 e. The fourth-order valence-electron chi connectivity index (χ4n) is 1.27. The zero-order chi connectivity index (χ0) is 12.1. The number of carboxylic acids is 1. The number of urea groups is 1. The molecule has 0 aromatic carbocycles. The number of carboxylic acid groups (broad SMARTS) is 1. The van der Waals surface area contributed by atoms with Gasteiger partial charge in [0.2, 0.25) is 5.91 Å². The summed E-state index contributed by atoms with van der Waals surface area (Å²) in [5, 5.41) is 10.9. The smallest absolute Gasteiger partial charge is 0.323 e. The standard InChI is InChI=1S/C9H15N3O4/c10-7(13)3-11-9(16)12(5-8(14)15)4-6-1-2-6/h6H,1-5H2,(H2,10,13)(H,11,16)(H,14,15). The van der Waals surface area contributed by atoms with Gasteiger partial charge in [0, 0.05) is 6.54 Å². The number of aliphatic carboxylic acids is 1. The lowest BCUT2D eigenvalue weighted by Crippen LogP contribution is -2.46. The van der Waals surface area contributed by atoms with E-state index >= 15 is 0 Å². The van der Waals surface area contributed by atoms with Crippen molar-refractivity contribution in [3.63, 3.8) is 0 Å². The highest BCUT2D eigenvalue weighted by molar-refractivity contribution is 5.84. The Kier molecular flexibility index (Phi) is 4.10. The summed E-state index contributed by atoms with van der Waals surface area (Å²) in [6.45, 7) is -0.225. The van der Waals surface area contributed by atoms with Gasteiger partial charge < -0.3 is 21.1 Å². The molecule has 4 N–H and O–H groups in total. The van der Waals surface area contributed by atoms with Crippen LogP contribution in [0.5, 0.6) is 0 Å². The molecule has 0 spiro atoms. The minimum absolute atomic E-state index is 0.278. The third kappa shape index (κ3) is 4.63. The van der Waals surface area contributed by atoms with Crippen LogP contribution in [0.4, 0.5) is 4.79 Å². The Balaban J connectivity index is 2.41. The minimum Gasteiger partial charge on any atom is -0.480 e. The van der Waals surface area contributed by atoms with Crippen LogP contribution in [0.2, 0.25) is 0 Å². The Morgan fingerprint density at radius 3 is 2.44 bits per heavy atom. The van der Waals surface area contributed by atoms with Gasteiger partial charge in [-0.15, -0.1) is 0 Å². The number of carbonyl (C=O) groups is 3. The van der Waals surface area contributed by atoms with E-state index in [0.29, 0.717) is 12.5 Å². The SMILES string of the molecule is NC(=O)CNC(=O)N(CC(=O)O)CC1CC1. The van der Waals surface area contributed by atoms with Crippen LogP contribution in [0.3, 0.4) is 0 Å². The molecule has 0 unspecified atom stereocenters. The second-order valence-corrected chi connectivity index (χ2v) is 3.84. The van der Waals surface area contributed by atoms with Gasteiger partial charge in [0.05, 0.1) is 6.54 Å². The number of hydrogen-bond acceptors (Lipinski definition) is 3. The second-order valence-electron chi connectivity index (χ2n) is 3.84. The maximum atomic E-state index is 11.5. The van der Waals surface area contributed by atoms with Crippen LogP contribution in [-0.2, 0) is 9.59 Å². The van der Waals surface area contributed by atoms with E-state index in [1.54, 1.807) is 0 Å². The normalized spacial score (nSPS) is 14.2. The first kappa shape index (κ1) is 12.3. The molecular formula is C9H15N3O4. The van der Waals surface area contributed by atoms with E-state index in [1.807, 2.05) is 0 Å². The Labute approximate surface area is 92.6 Å². The van der Waals surface area contributed by atoms with Gasteiger partial charge in [0.1, 0.15) is 6.54 Å². The predicted octanol–water partition coefficient (Wildman–Crippen LogP) is -1.02. The molecule has 7 heteroatoms. The number of primary amides is 1. The van der Waals surface area contributed by atoms with Gasteiger partial charge in [-0.05, 0) is 18.8 Å². The van der Waals surface area contributed by atoms with E-state index in [2.05, 4.69) is 5.32 Å². The Morgan fingerprint density at radius 2 is 2.00 bits per heavy atom. The van der Waals surface area contributed by atoms with Crippen molar-refractivity contribution in [1.82, 2.24) is 10.2 Å². The first-order chi connectivity index (χ1) is 7.49. The predicted molar refractivity (Wildman–Crippen MR) is 54.5 cm³/mol. The summed E-state index contributed by atoms with van der Waals surface area (Å²) >= 11 is 0. The number of amides is 3. The molecule has 0 bridgehead atoms. The largest absolute Gasteiger partial charge is 0.480 e. The number of nitrogens with two attached hydrogens (primary N) is 1. The van der Waals surface area contributed by atoms with Gasteiger partial charge in [-0.25, -0.2) is 4.79 Å². The van der Waals surface area contributed by atoms with Gasteiger partial charge in [-0.2, -0.15) is 0 Å². The summed E-state index contributed by atoms with van der Waals surface area (Å²) in [4.78, 5) is 33.7. The number of nitrogens with zero attached hydrogens (tertiary/aromatic N) is 1. The fourth-order valence-corrected chi connectivity index (χ4v) is 1.27. The van der Waals surface area contributed by atoms with Crippen molar-refractivity contribution in [3.8, 4) is 0 Å². The lowest BCUT2D eigenvalue weighted by molar-refractivity contribution is -0.137. The molecule has 0 aromatic heterocycles. The molecule has 0 radical (unpaired) electrons. The van der Waals surface area contributed by atoms with Gasteiger partial charge in [-0.3, -0.25) is 9.59 Å². The zero-order valence-electron chi connectivity index (χ0n) is 8.81. The molecule has 3 amide bonds. The van der Waals surface area contributed by atoms with E-state index in [9.17, 15) is 14.4 Å². The first-order valence-corrected chi connectivity index (χ1v) is 5.02. The molecule has 0 aliphatic heterocycles. The van der Waals surface area contributed by atoms with Crippen LogP contribution in [0, 0.1) is 5.92 Å². The van der Waals surface area contributed by atoms with Crippen LogP contribution in [0.25, 0.3) is 0 Å². The number of rotatable bonds is 6. The summed E-state index contributed by atoms with van der Waals surface area (Å²) in [7, 11) is 0. The lowest BCUT2D eigenvalue weighted by Gasteiger charge is -2.20. The van der Waals surface area contributed by atoms with Gasteiger partial charge in [0.25, 0.3) is 0 Å². The van der Waals surface area contributed by atoms with Gasteiger partial charge in [0.15, 0.2) is 0 Å². The number of nitrogens with one attached hydrogen (secondary N) is 1. The van der Waals surface area contributed by atoms with Gasteiger partial charge in [-0.1, -0.05) is 0 Å². The first-order valence-electron chi connectivity index (χ1n) is 5.02. The maximum absolute atomic E-state index is 11.5. The molecule has 0 heterocycles. The average molecular weight is 229 g/mol. The van der Waals surface area contributed by atoms with Crippen LogP contribution in [0.1, 0.15) is 12.8 Å². The van der Waals surface area contributed by atoms with Crippen LogP contribution >= 0.6 is 0 Å². The monoisotopic (exact) mass is 229 g/mol. The number of carbonyl (C=O) groups excluding carboxylic acids is 2. The third-order valence-corrected chi connectivity index (χ3v) is 2.20. The van der Waals surface area contributed by atoms with E-state index < -0.39 is 17.9 Å². The molecule has 90 valence electrons. The van der Waals surface area contributed by atoms with E-state index in [1.165, 1.54) is 4.90 Å². The highest BCUT2D eigenvalue weighted by Gasteiger charge is 2.27. The molecule has 1 aliphatic rings. The topological polar surface area (TPSA) is 113 Å². The van der Waals surface area contributed by atoms with Crippen molar-refractivity contribution in [2.45, 2.75) is 12.8 Å². The molecule has 1 saturated carbocycles. The van der Waals surface area contributed by atoms with E-state index in [-0.39, 0.29) is 13.1 Å². The Morgan fingerprint density at radius 1 is 1.38 bits per heavy atom. The molecule has 1 fully saturated rings. The van der Waals surface area contributed by atoms with Crippen molar-refractivity contribution in [2.75, 3.05) is 19.6 Å².